The molecule has 0 aliphatic rings. The van der Waals surface area contributed by atoms with E-state index in [-0.39, 0.29) is 44.7 Å². The normalized spacial score (nSPS) is 17.7. The van der Waals surface area contributed by atoms with E-state index in [9.17, 15) is 61.1 Å². The Bertz CT molecular complexity index is 586. The van der Waals surface area contributed by atoms with E-state index in [2.05, 4.69) is 0 Å². The Morgan fingerprint density at radius 2 is 1.04 bits per heavy atom. The van der Waals surface area contributed by atoms with E-state index in [4.69, 9.17) is 4.55 Å². The van der Waals surface area contributed by atoms with Gasteiger partial charge < -0.3 is 0 Å². The van der Waals surface area contributed by atoms with Gasteiger partial charge in [-0.05, 0) is 6.42 Å². The van der Waals surface area contributed by atoms with Crippen molar-refractivity contribution in [3.05, 3.63) is 0 Å². The molecule has 17 heteroatoms. The molecule has 0 fully saturated rings. The summed E-state index contributed by atoms with van der Waals surface area (Å²) in [6.07, 6.45) is -10.1. The molecule has 0 bridgehead atoms. The molecule has 1 unspecified atom stereocenters. The van der Waals surface area contributed by atoms with E-state index in [0.717, 1.165) is 0 Å². The van der Waals surface area contributed by atoms with Gasteiger partial charge in [-0.1, -0.05) is 6.92 Å². The van der Waals surface area contributed by atoms with Gasteiger partial charge in [-0.25, -0.2) is 4.39 Å². The summed E-state index contributed by atoms with van der Waals surface area (Å²) in [5.41, 5.74) is -6.51. The van der Waals surface area contributed by atoms with Crippen molar-refractivity contribution in [3.8, 4) is 0 Å². The van der Waals surface area contributed by atoms with E-state index in [1.807, 2.05) is 0 Å². The summed E-state index contributed by atoms with van der Waals surface area (Å²) in [5, 5.41) is -6.84. The van der Waals surface area contributed by atoms with Gasteiger partial charge in [-0.3, -0.25) is 4.55 Å². The Morgan fingerprint density at radius 3 is 1.24 bits per heavy atom. The molecule has 0 heterocycles. The van der Waals surface area contributed by atoms with Crippen LogP contribution in [-0.4, -0.2) is 85.6 Å². The predicted octanol–water partition coefficient (Wildman–Crippen LogP) is 3.14. The Balaban J connectivity index is 0. The van der Waals surface area contributed by atoms with Crippen LogP contribution in [0.4, 0.5) is 52.7 Å². The zero-order valence-electron chi connectivity index (χ0n) is 10.9. The second kappa shape index (κ2) is 7.05. The van der Waals surface area contributed by atoms with Crippen LogP contribution < -0.4 is 0 Å². The zero-order chi connectivity index (χ0) is 20.2. The van der Waals surface area contributed by atoms with Crippen LogP contribution in [0.5, 0.6) is 0 Å². The van der Waals surface area contributed by atoms with Crippen LogP contribution in [0.1, 0.15) is 13.3 Å². The third kappa shape index (κ3) is 3.69. The molecule has 0 aromatic rings. The van der Waals surface area contributed by atoms with Crippen LogP contribution in [-0.2, 0) is 10.1 Å². The summed E-state index contributed by atoms with van der Waals surface area (Å²) < 4.78 is 182. The van der Waals surface area contributed by atoms with Gasteiger partial charge in [0.15, 0.2) is 0 Å². The molecule has 25 heavy (non-hydrogen) atoms. The summed E-state index contributed by atoms with van der Waals surface area (Å²) in [7, 11) is -7.24. The fourth-order valence-corrected chi connectivity index (χ4v) is 2.12. The quantitative estimate of drug-likeness (QED) is 0.383. The molecule has 0 spiro atoms. The van der Waals surface area contributed by atoms with Crippen molar-refractivity contribution >= 4 is 47.9 Å². The van der Waals surface area contributed by atoms with E-state index < -0.39 is 51.4 Å². The molecule has 0 aliphatic heterocycles. The van der Waals surface area contributed by atoms with Gasteiger partial charge in [0, 0.05) is 0 Å². The first kappa shape index (κ1) is 27.5. The summed E-state index contributed by atoms with van der Waals surface area (Å²) >= 11 is 0. The van der Waals surface area contributed by atoms with Gasteiger partial charge >= 0.3 is 77.1 Å². The van der Waals surface area contributed by atoms with Crippen LogP contribution >= 0.6 is 0 Å². The second-order valence-electron chi connectivity index (χ2n) is 4.37. The predicted molar refractivity (Wildman–Crippen MR) is 60.1 cm³/mol. The summed E-state index contributed by atoms with van der Waals surface area (Å²) in [5.74, 6) is -23.1. The maximum atomic E-state index is 13.8. The average molecular weight is 452 g/mol. The Morgan fingerprint density at radius 1 is 0.720 bits per heavy atom. The molecule has 0 amide bonds. The van der Waals surface area contributed by atoms with Crippen LogP contribution in [0.3, 0.4) is 0 Å². The van der Waals surface area contributed by atoms with Crippen molar-refractivity contribution in [1.82, 2.24) is 0 Å². The molecule has 0 saturated heterocycles. The van der Waals surface area contributed by atoms with E-state index in [1.165, 1.54) is 0 Å². The van der Waals surface area contributed by atoms with Gasteiger partial charge in [-0.15, -0.1) is 0 Å². The maximum absolute atomic E-state index is 13.8. The zero-order valence-corrected chi connectivity index (χ0v) is 11.7. The monoisotopic (exact) mass is 452 g/mol. The van der Waals surface area contributed by atoms with Gasteiger partial charge in [0.1, 0.15) is 0 Å². The van der Waals surface area contributed by atoms with Crippen LogP contribution in [0, 0.1) is 0 Å². The van der Waals surface area contributed by atoms with Crippen LogP contribution in [0.2, 0.25) is 0 Å². The third-order valence-corrected chi connectivity index (χ3v) is 3.89. The molecule has 0 aromatic carbocycles. The SMILES string of the molecule is CCC(F)(C(F)(F)C(F)(F)C(F)(F)C(F)(F)F)C(F)(F)S(=O)(=O)O.[CaH2]. The van der Waals surface area contributed by atoms with Gasteiger partial charge in [0.2, 0.25) is 0 Å². The Labute approximate surface area is 161 Å². The third-order valence-electron chi connectivity index (χ3n) is 2.91. The number of alkyl halides is 12. The summed E-state index contributed by atoms with van der Waals surface area (Å²) in [4.78, 5) is 0. The van der Waals surface area contributed by atoms with Gasteiger partial charge in [0.05, 0.1) is 0 Å². The van der Waals surface area contributed by atoms with Gasteiger partial charge in [-0.2, -0.15) is 56.7 Å². The molecular weight excluding hydrogens is 444 g/mol. The molecule has 0 saturated carbocycles. The Hall–Kier alpha value is 0.330. The fourth-order valence-electron chi connectivity index (χ4n) is 1.44. The minimum atomic E-state index is -7.84. The van der Waals surface area contributed by atoms with Crippen molar-refractivity contribution in [3.63, 3.8) is 0 Å². The van der Waals surface area contributed by atoms with E-state index in [1.54, 1.807) is 0 Å². The molecule has 3 nitrogen and oxygen atoms in total. The van der Waals surface area contributed by atoms with E-state index >= 15 is 0 Å². The number of rotatable bonds is 6. The molecule has 150 valence electrons. The summed E-state index contributed by atoms with van der Waals surface area (Å²) in [6, 6.07) is 0. The summed E-state index contributed by atoms with van der Waals surface area (Å²) in [6.45, 7) is -0.172. The molecule has 0 rings (SSSR count). The van der Waals surface area contributed by atoms with Crippen molar-refractivity contribution in [2.24, 2.45) is 0 Å². The van der Waals surface area contributed by atoms with Gasteiger partial charge in [0.25, 0.3) is 5.67 Å². The van der Waals surface area contributed by atoms with Crippen LogP contribution in [0.15, 0.2) is 0 Å². The molecule has 0 aliphatic carbocycles. The first-order chi connectivity index (χ1) is 10.1. The van der Waals surface area contributed by atoms with Crippen molar-refractivity contribution in [1.29, 1.82) is 0 Å². The molecule has 1 N–H and O–H groups in total. The molecule has 0 aromatic heterocycles. The minimum absolute atomic E-state index is 0. The fraction of sp³-hybridized carbons (Fsp3) is 1.00. The standard InChI is InChI=1S/C8H6F12O3S.Ca.2H/c1-2-3(9,8(19,20)24(21,22)23)4(10,11)5(12,13)6(14,15)7(16,17)18;;;/h2H2,1H3,(H,21,22,23);;;. The first-order valence-electron chi connectivity index (χ1n) is 5.30. The number of hydrogen-bond donors (Lipinski definition) is 1. The second-order valence-corrected chi connectivity index (χ2v) is 5.83. The first-order valence-corrected chi connectivity index (χ1v) is 6.74. The average Bonchev–Trinajstić information content (AvgIpc) is 2.33. The molecule has 1 atom stereocenters. The van der Waals surface area contributed by atoms with Crippen molar-refractivity contribution in [2.75, 3.05) is 0 Å². The Kier molecular flexibility index (Phi) is 7.77. The van der Waals surface area contributed by atoms with Crippen LogP contribution in [0.25, 0.3) is 0 Å². The number of hydrogen-bond acceptors (Lipinski definition) is 2. The molecule has 0 radical (unpaired) electrons. The van der Waals surface area contributed by atoms with Crippen molar-refractivity contribution in [2.45, 2.75) is 48.2 Å². The van der Waals surface area contributed by atoms with Crippen molar-refractivity contribution < 1.29 is 65.7 Å². The topological polar surface area (TPSA) is 54.4 Å². The van der Waals surface area contributed by atoms with E-state index in [0.29, 0.717) is 0 Å². The molecular formula is C8H8CaF12O3S. The number of halogens is 12.